The molecule has 2 aromatic carbocycles. The summed E-state index contributed by atoms with van der Waals surface area (Å²) >= 11 is 3.40. The van der Waals surface area contributed by atoms with Crippen molar-refractivity contribution in [1.82, 2.24) is 0 Å². The number of carbonyl (C=O) groups excluding carboxylic acids is 1. The minimum atomic E-state index is 0.269. The van der Waals surface area contributed by atoms with Crippen LogP contribution in [0.4, 0.5) is 0 Å². The van der Waals surface area contributed by atoms with Gasteiger partial charge in [-0.2, -0.15) is 0 Å². The molecule has 0 radical (unpaired) electrons. The highest BCUT2D eigenvalue weighted by atomic mass is 79.9. The lowest BCUT2D eigenvalue weighted by Gasteiger charge is -2.09. The van der Waals surface area contributed by atoms with Gasteiger partial charge < -0.3 is 0 Å². The Balaban J connectivity index is 2.36. The van der Waals surface area contributed by atoms with Gasteiger partial charge in [0.2, 0.25) is 0 Å². The third-order valence-corrected chi connectivity index (χ3v) is 3.76. The maximum Gasteiger partial charge on any atom is 0.163 e. The summed E-state index contributed by atoms with van der Waals surface area (Å²) in [6.45, 7) is 2.02. The number of rotatable bonds is 5. The zero-order valence-corrected chi connectivity index (χ0v) is 12.2. The Morgan fingerprint density at radius 2 is 1.89 bits per heavy atom. The quantitative estimate of drug-likeness (QED) is 0.436. The van der Waals surface area contributed by atoms with E-state index in [9.17, 15) is 4.79 Å². The average molecular weight is 305 g/mol. The monoisotopic (exact) mass is 304 g/mol. The zero-order chi connectivity index (χ0) is 13.0. The van der Waals surface area contributed by atoms with Gasteiger partial charge in [-0.1, -0.05) is 52.3 Å². The van der Waals surface area contributed by atoms with Crippen molar-refractivity contribution in [3.05, 3.63) is 47.5 Å². The predicted octanol–water partition coefficient (Wildman–Crippen LogP) is 4.90. The van der Waals surface area contributed by atoms with E-state index in [1.165, 1.54) is 0 Å². The zero-order valence-electron chi connectivity index (χ0n) is 10.6. The first kappa shape index (κ1) is 13.3. The molecule has 2 aromatic rings. The molecule has 0 spiro atoms. The van der Waals surface area contributed by atoms with Crippen LogP contribution in [0.1, 0.15) is 35.2 Å². The van der Waals surface area contributed by atoms with Crippen molar-refractivity contribution in [2.45, 2.75) is 26.2 Å². The first-order valence-corrected chi connectivity index (χ1v) is 7.43. The summed E-state index contributed by atoms with van der Waals surface area (Å²) in [4.78, 5) is 12.3. The number of ketones is 1. The lowest BCUT2D eigenvalue weighted by Crippen LogP contribution is -2.03. The van der Waals surface area contributed by atoms with Gasteiger partial charge >= 0.3 is 0 Å². The molecule has 0 unspecified atom stereocenters. The Bertz CT molecular complexity index is 560. The van der Waals surface area contributed by atoms with E-state index >= 15 is 0 Å². The summed E-state index contributed by atoms with van der Waals surface area (Å²) in [5.74, 6) is 0.269. The molecule has 1 nitrogen and oxygen atoms in total. The van der Waals surface area contributed by atoms with Crippen LogP contribution < -0.4 is 0 Å². The Morgan fingerprint density at radius 1 is 1.11 bits per heavy atom. The topological polar surface area (TPSA) is 17.1 Å². The van der Waals surface area contributed by atoms with E-state index in [0.29, 0.717) is 6.42 Å². The van der Waals surface area contributed by atoms with Crippen LogP contribution in [0, 0.1) is 6.92 Å². The summed E-state index contributed by atoms with van der Waals surface area (Å²) in [7, 11) is 0. The van der Waals surface area contributed by atoms with Gasteiger partial charge in [-0.15, -0.1) is 0 Å². The number of Topliss-reactive ketones (excluding diaryl/α,β-unsaturated/α-hetero) is 1. The van der Waals surface area contributed by atoms with E-state index in [4.69, 9.17) is 0 Å². The van der Waals surface area contributed by atoms with E-state index in [-0.39, 0.29) is 5.78 Å². The molecule has 18 heavy (non-hydrogen) atoms. The fourth-order valence-electron chi connectivity index (χ4n) is 2.26. The number of unbranched alkanes of at least 4 members (excludes halogenated alkanes) is 1. The predicted molar refractivity (Wildman–Crippen MR) is 80.7 cm³/mol. The molecule has 0 aliphatic rings. The molecule has 94 valence electrons. The van der Waals surface area contributed by atoms with Gasteiger partial charge in [-0.05, 0) is 36.1 Å². The minimum absolute atomic E-state index is 0.269. The van der Waals surface area contributed by atoms with Crippen LogP contribution in [0.25, 0.3) is 10.8 Å². The van der Waals surface area contributed by atoms with Gasteiger partial charge in [0.1, 0.15) is 0 Å². The highest BCUT2D eigenvalue weighted by Crippen LogP contribution is 2.24. The Morgan fingerprint density at radius 3 is 2.67 bits per heavy atom. The van der Waals surface area contributed by atoms with Crippen molar-refractivity contribution in [3.63, 3.8) is 0 Å². The SMILES string of the molecule is Cc1ccc2ccccc2c1C(=O)CCCCBr. The van der Waals surface area contributed by atoms with Crippen LogP contribution in [-0.2, 0) is 0 Å². The van der Waals surface area contributed by atoms with Gasteiger partial charge in [-0.3, -0.25) is 4.79 Å². The molecular weight excluding hydrogens is 288 g/mol. The number of aryl methyl sites for hydroxylation is 1. The lowest BCUT2D eigenvalue weighted by atomic mass is 9.94. The summed E-state index contributed by atoms with van der Waals surface area (Å²) < 4.78 is 0. The largest absolute Gasteiger partial charge is 0.294 e. The normalized spacial score (nSPS) is 10.8. The van der Waals surface area contributed by atoms with Crippen LogP contribution in [0.5, 0.6) is 0 Å². The summed E-state index contributed by atoms with van der Waals surface area (Å²) in [6, 6.07) is 12.2. The number of carbonyl (C=O) groups is 1. The van der Waals surface area contributed by atoms with Crippen LogP contribution in [-0.4, -0.2) is 11.1 Å². The smallest absolute Gasteiger partial charge is 0.163 e. The lowest BCUT2D eigenvalue weighted by molar-refractivity contribution is 0.0981. The van der Waals surface area contributed by atoms with Gasteiger partial charge in [0.25, 0.3) is 0 Å². The van der Waals surface area contributed by atoms with Gasteiger partial charge in [-0.25, -0.2) is 0 Å². The molecule has 0 saturated heterocycles. The Labute approximate surface area is 116 Å². The number of benzene rings is 2. The second-order valence-electron chi connectivity index (χ2n) is 4.55. The van der Waals surface area contributed by atoms with Gasteiger partial charge in [0.05, 0.1) is 0 Å². The molecule has 0 bridgehead atoms. The molecule has 2 rings (SSSR count). The fraction of sp³-hybridized carbons (Fsp3) is 0.312. The number of halogens is 1. The molecule has 0 aliphatic carbocycles. The number of hydrogen-bond donors (Lipinski definition) is 0. The summed E-state index contributed by atoms with van der Waals surface area (Å²) in [5, 5.41) is 3.20. The molecule has 0 aromatic heterocycles. The fourth-order valence-corrected chi connectivity index (χ4v) is 2.65. The van der Waals surface area contributed by atoms with E-state index in [2.05, 4.69) is 28.1 Å². The van der Waals surface area contributed by atoms with Gasteiger partial charge in [0, 0.05) is 17.3 Å². The van der Waals surface area contributed by atoms with Crippen molar-refractivity contribution < 1.29 is 4.79 Å². The maximum atomic E-state index is 12.3. The van der Waals surface area contributed by atoms with Crippen molar-refractivity contribution in [3.8, 4) is 0 Å². The molecule has 0 amide bonds. The van der Waals surface area contributed by atoms with Gasteiger partial charge in [0.15, 0.2) is 5.78 Å². The molecule has 0 fully saturated rings. The standard InChI is InChI=1S/C16H17BrO/c1-12-9-10-13-6-2-3-7-14(13)16(12)15(18)8-4-5-11-17/h2-3,6-7,9-10H,4-5,8,11H2,1H3. The highest BCUT2D eigenvalue weighted by molar-refractivity contribution is 9.09. The number of fused-ring (bicyclic) bond motifs is 1. The van der Waals surface area contributed by atoms with E-state index in [1.54, 1.807) is 0 Å². The van der Waals surface area contributed by atoms with Crippen molar-refractivity contribution in [1.29, 1.82) is 0 Å². The van der Waals surface area contributed by atoms with Crippen LogP contribution in [0.2, 0.25) is 0 Å². The minimum Gasteiger partial charge on any atom is -0.294 e. The van der Waals surface area contributed by atoms with Crippen molar-refractivity contribution >= 4 is 32.5 Å². The number of hydrogen-bond acceptors (Lipinski definition) is 1. The molecule has 0 heterocycles. The van der Waals surface area contributed by atoms with Crippen LogP contribution >= 0.6 is 15.9 Å². The molecular formula is C16H17BrO. The Kier molecular flexibility index (Phi) is 4.54. The average Bonchev–Trinajstić information content (AvgIpc) is 2.38. The first-order valence-electron chi connectivity index (χ1n) is 6.31. The highest BCUT2D eigenvalue weighted by Gasteiger charge is 2.12. The van der Waals surface area contributed by atoms with Crippen LogP contribution in [0.3, 0.4) is 0 Å². The molecule has 0 saturated carbocycles. The van der Waals surface area contributed by atoms with Crippen molar-refractivity contribution in [2.75, 3.05) is 5.33 Å². The molecule has 0 aliphatic heterocycles. The van der Waals surface area contributed by atoms with Crippen molar-refractivity contribution in [2.24, 2.45) is 0 Å². The van der Waals surface area contributed by atoms with E-state index in [1.807, 2.05) is 31.2 Å². The van der Waals surface area contributed by atoms with E-state index in [0.717, 1.165) is 40.1 Å². The molecule has 0 atom stereocenters. The summed E-state index contributed by atoms with van der Waals surface area (Å²) in [5.41, 5.74) is 1.99. The maximum absolute atomic E-state index is 12.3. The Hall–Kier alpha value is -1.15. The third kappa shape index (κ3) is 2.81. The third-order valence-electron chi connectivity index (χ3n) is 3.20. The van der Waals surface area contributed by atoms with Crippen LogP contribution in [0.15, 0.2) is 36.4 Å². The molecule has 0 N–H and O–H groups in total. The summed E-state index contributed by atoms with van der Waals surface area (Å²) in [6.07, 6.45) is 2.64. The molecule has 2 heteroatoms. The second-order valence-corrected chi connectivity index (χ2v) is 5.34. The van der Waals surface area contributed by atoms with E-state index < -0.39 is 0 Å². The second kappa shape index (κ2) is 6.14. The first-order chi connectivity index (χ1) is 8.74. The number of alkyl halides is 1.